The molecule has 2 N–H and O–H groups in total. The summed E-state index contributed by atoms with van der Waals surface area (Å²) >= 11 is 0. The number of hydrogen-bond acceptors (Lipinski definition) is 5. The van der Waals surface area contributed by atoms with Gasteiger partial charge >= 0.3 is 11.6 Å². The van der Waals surface area contributed by atoms with E-state index >= 15 is 0 Å². The molecule has 0 saturated heterocycles. The zero-order valence-corrected chi connectivity index (χ0v) is 16.3. The second-order valence-corrected chi connectivity index (χ2v) is 6.74. The Hall–Kier alpha value is -3.61. The average Bonchev–Trinajstić information content (AvgIpc) is 2.71. The number of carboxylic acids is 1. The highest BCUT2D eigenvalue weighted by Gasteiger charge is 2.22. The average molecular weight is 395 g/mol. The van der Waals surface area contributed by atoms with Crippen molar-refractivity contribution in [3.8, 4) is 5.75 Å². The summed E-state index contributed by atoms with van der Waals surface area (Å²) in [6.45, 7) is 4.91. The van der Waals surface area contributed by atoms with E-state index in [1.807, 2.05) is 6.92 Å². The van der Waals surface area contributed by atoms with Crippen LogP contribution in [0.5, 0.6) is 5.75 Å². The number of aryl methyl sites for hydroxylation is 2. The van der Waals surface area contributed by atoms with Crippen LogP contribution in [-0.4, -0.2) is 23.6 Å². The Kier molecular flexibility index (Phi) is 5.68. The van der Waals surface area contributed by atoms with Gasteiger partial charge in [-0.1, -0.05) is 30.3 Å². The SMILES string of the molecule is Cc1c(C)c2ccc(OCC(=O)N[C@@H](C(=O)O)c3ccccc3)c(C)c2oc1=O. The lowest BCUT2D eigenvalue weighted by atomic mass is 10.0. The topological polar surface area (TPSA) is 106 Å². The van der Waals surface area contributed by atoms with Crippen LogP contribution in [0.1, 0.15) is 28.3 Å². The second-order valence-electron chi connectivity index (χ2n) is 6.74. The molecule has 7 heteroatoms. The molecule has 1 aromatic heterocycles. The summed E-state index contributed by atoms with van der Waals surface area (Å²) in [6.07, 6.45) is 0. The van der Waals surface area contributed by atoms with E-state index in [1.54, 1.807) is 56.3 Å². The maximum atomic E-state index is 12.3. The number of aliphatic carboxylic acids is 1. The van der Waals surface area contributed by atoms with Crippen molar-refractivity contribution in [2.75, 3.05) is 6.61 Å². The lowest BCUT2D eigenvalue weighted by Crippen LogP contribution is -2.36. The standard InChI is InChI=1S/C22H21NO6/c1-12-13(2)22(27)29-20-14(3)17(10-9-16(12)20)28-11-18(24)23-19(21(25)26)15-7-5-4-6-8-15/h4-10,19H,11H2,1-3H3,(H,23,24)(H,25,26)/t19-/m1/s1. The molecule has 0 aliphatic heterocycles. The normalized spacial score (nSPS) is 11.8. The van der Waals surface area contributed by atoms with Gasteiger partial charge in [-0.05, 0) is 44.0 Å². The first-order valence-electron chi connectivity index (χ1n) is 9.03. The monoisotopic (exact) mass is 395 g/mol. The summed E-state index contributed by atoms with van der Waals surface area (Å²) in [5.41, 5.74) is 2.42. The molecule has 0 unspecified atom stereocenters. The smallest absolute Gasteiger partial charge is 0.339 e. The van der Waals surface area contributed by atoms with Gasteiger partial charge in [0.2, 0.25) is 0 Å². The van der Waals surface area contributed by atoms with E-state index < -0.39 is 23.5 Å². The predicted octanol–water partition coefficient (Wildman–Crippen LogP) is 3.04. The highest BCUT2D eigenvalue weighted by atomic mass is 16.5. The van der Waals surface area contributed by atoms with E-state index in [0.717, 1.165) is 10.9 Å². The minimum atomic E-state index is -1.17. The third-order valence-electron chi connectivity index (χ3n) is 4.87. The van der Waals surface area contributed by atoms with Crippen molar-refractivity contribution < 1.29 is 23.8 Å². The van der Waals surface area contributed by atoms with E-state index in [4.69, 9.17) is 9.15 Å². The first-order valence-corrected chi connectivity index (χ1v) is 9.03. The Bertz CT molecular complexity index is 1130. The molecule has 0 aliphatic carbocycles. The van der Waals surface area contributed by atoms with Gasteiger partial charge in [-0.25, -0.2) is 9.59 Å². The molecule has 1 atom stereocenters. The molecule has 1 heterocycles. The Labute approximate surface area is 166 Å². The summed E-state index contributed by atoms with van der Waals surface area (Å²) in [6, 6.07) is 10.7. The van der Waals surface area contributed by atoms with Gasteiger partial charge in [-0.3, -0.25) is 4.79 Å². The maximum Gasteiger partial charge on any atom is 0.339 e. The largest absolute Gasteiger partial charge is 0.483 e. The van der Waals surface area contributed by atoms with Gasteiger partial charge in [0, 0.05) is 16.5 Å². The fourth-order valence-electron chi connectivity index (χ4n) is 3.06. The summed E-state index contributed by atoms with van der Waals surface area (Å²) in [4.78, 5) is 35.7. The number of carbonyl (C=O) groups excluding carboxylic acids is 1. The van der Waals surface area contributed by atoms with Crippen molar-refractivity contribution in [1.82, 2.24) is 5.32 Å². The van der Waals surface area contributed by atoms with Gasteiger partial charge in [-0.2, -0.15) is 0 Å². The number of rotatable bonds is 6. The van der Waals surface area contributed by atoms with Crippen molar-refractivity contribution in [2.24, 2.45) is 0 Å². The van der Waals surface area contributed by atoms with Crippen LogP contribution in [-0.2, 0) is 9.59 Å². The number of ether oxygens (including phenoxy) is 1. The molecule has 0 aliphatic rings. The molecule has 0 fully saturated rings. The molecule has 1 amide bonds. The lowest BCUT2D eigenvalue weighted by Gasteiger charge is -2.16. The fourth-order valence-corrected chi connectivity index (χ4v) is 3.06. The van der Waals surface area contributed by atoms with Crippen molar-refractivity contribution in [1.29, 1.82) is 0 Å². The number of fused-ring (bicyclic) bond motifs is 1. The minimum absolute atomic E-state index is 0.377. The number of benzene rings is 2. The van der Waals surface area contributed by atoms with E-state index in [0.29, 0.717) is 28.0 Å². The molecular weight excluding hydrogens is 374 g/mol. The Morgan fingerprint density at radius 2 is 1.72 bits per heavy atom. The van der Waals surface area contributed by atoms with Crippen molar-refractivity contribution in [3.05, 3.63) is 75.1 Å². The Morgan fingerprint density at radius 3 is 2.38 bits per heavy atom. The first-order chi connectivity index (χ1) is 13.8. The molecule has 3 aromatic rings. The van der Waals surface area contributed by atoms with Crippen molar-refractivity contribution in [2.45, 2.75) is 26.8 Å². The zero-order chi connectivity index (χ0) is 21.1. The third-order valence-corrected chi connectivity index (χ3v) is 4.87. The first kappa shape index (κ1) is 20.1. The number of carbonyl (C=O) groups is 2. The van der Waals surface area contributed by atoms with Crippen LogP contribution in [0.4, 0.5) is 0 Å². The number of carboxylic acid groups (broad SMARTS) is 1. The van der Waals surface area contributed by atoms with Gasteiger partial charge < -0.3 is 19.6 Å². The summed E-state index contributed by atoms with van der Waals surface area (Å²) < 4.78 is 11.0. The molecule has 29 heavy (non-hydrogen) atoms. The maximum absolute atomic E-state index is 12.3. The van der Waals surface area contributed by atoms with Gasteiger partial charge in [0.05, 0.1) is 0 Å². The minimum Gasteiger partial charge on any atom is -0.483 e. The van der Waals surface area contributed by atoms with Crippen LogP contribution in [0.25, 0.3) is 11.0 Å². The number of nitrogens with one attached hydrogen (secondary N) is 1. The van der Waals surface area contributed by atoms with Crippen molar-refractivity contribution in [3.63, 3.8) is 0 Å². The van der Waals surface area contributed by atoms with E-state index in [9.17, 15) is 19.5 Å². The zero-order valence-electron chi connectivity index (χ0n) is 16.3. The molecule has 0 bridgehead atoms. The highest BCUT2D eigenvalue weighted by molar-refractivity contribution is 5.87. The Balaban J connectivity index is 1.77. The van der Waals surface area contributed by atoms with Gasteiger partial charge in [0.15, 0.2) is 12.6 Å². The van der Waals surface area contributed by atoms with Crippen LogP contribution in [0, 0.1) is 20.8 Å². The van der Waals surface area contributed by atoms with E-state index in [2.05, 4.69) is 5.32 Å². The second kappa shape index (κ2) is 8.18. The molecule has 0 spiro atoms. The van der Waals surface area contributed by atoms with Crippen LogP contribution in [0.2, 0.25) is 0 Å². The van der Waals surface area contributed by atoms with Gasteiger partial charge in [0.1, 0.15) is 11.3 Å². The number of amides is 1. The molecule has 3 rings (SSSR count). The molecule has 150 valence electrons. The lowest BCUT2D eigenvalue weighted by molar-refractivity contribution is -0.142. The summed E-state index contributed by atoms with van der Waals surface area (Å²) in [7, 11) is 0. The van der Waals surface area contributed by atoms with Crippen LogP contribution in [0.3, 0.4) is 0 Å². The van der Waals surface area contributed by atoms with Crippen LogP contribution in [0.15, 0.2) is 51.7 Å². The molecule has 7 nitrogen and oxygen atoms in total. The number of hydrogen-bond donors (Lipinski definition) is 2. The third kappa shape index (κ3) is 4.13. The van der Waals surface area contributed by atoms with Crippen LogP contribution >= 0.6 is 0 Å². The van der Waals surface area contributed by atoms with Crippen molar-refractivity contribution >= 4 is 22.8 Å². The summed E-state index contributed by atoms with van der Waals surface area (Å²) in [5.74, 6) is -1.37. The van der Waals surface area contributed by atoms with Gasteiger partial charge in [-0.15, -0.1) is 0 Å². The van der Waals surface area contributed by atoms with E-state index in [1.165, 1.54) is 0 Å². The fraction of sp³-hybridized carbons (Fsp3) is 0.227. The molecule has 0 saturated carbocycles. The highest BCUT2D eigenvalue weighted by Crippen LogP contribution is 2.29. The molecule has 2 aromatic carbocycles. The van der Waals surface area contributed by atoms with Gasteiger partial charge in [0.25, 0.3) is 5.91 Å². The molecule has 0 radical (unpaired) electrons. The Morgan fingerprint density at radius 1 is 1.03 bits per heavy atom. The van der Waals surface area contributed by atoms with Crippen LogP contribution < -0.4 is 15.7 Å². The van der Waals surface area contributed by atoms with E-state index in [-0.39, 0.29) is 6.61 Å². The quantitative estimate of drug-likeness (QED) is 0.622. The molecular formula is C22H21NO6. The summed E-state index contributed by atoms with van der Waals surface area (Å²) in [5, 5.41) is 12.6. The predicted molar refractivity (Wildman–Crippen MR) is 107 cm³/mol.